The van der Waals surface area contributed by atoms with Crippen molar-refractivity contribution in [1.29, 1.82) is 0 Å². The summed E-state index contributed by atoms with van der Waals surface area (Å²) in [4.78, 5) is 9.97. The molecule has 0 aromatic carbocycles. The standard InChI is InChI=1S/C8H13BO4/c1-11-6-4-8(9)13-7(6)5-12-3-2-10/h2,6-8H,3-5H2,1H3/t6?,7-,8-/m1/s1. The van der Waals surface area contributed by atoms with Gasteiger partial charge in [-0.15, -0.1) is 0 Å². The van der Waals surface area contributed by atoms with Gasteiger partial charge in [0.05, 0.1) is 12.7 Å². The lowest BCUT2D eigenvalue weighted by atomic mass is 9.96. The highest BCUT2D eigenvalue weighted by Gasteiger charge is 2.32. The highest BCUT2D eigenvalue weighted by Crippen LogP contribution is 2.20. The van der Waals surface area contributed by atoms with E-state index < -0.39 is 0 Å². The van der Waals surface area contributed by atoms with Crippen molar-refractivity contribution < 1.29 is 19.0 Å². The number of ether oxygens (including phenoxy) is 3. The fourth-order valence-corrected chi connectivity index (χ4v) is 1.38. The molecule has 1 rings (SSSR count). The summed E-state index contributed by atoms with van der Waals surface area (Å²) >= 11 is 0. The molecule has 1 unspecified atom stereocenters. The Bertz CT molecular complexity index is 164. The van der Waals surface area contributed by atoms with Gasteiger partial charge in [0, 0.05) is 13.1 Å². The zero-order chi connectivity index (χ0) is 9.68. The lowest BCUT2D eigenvalue weighted by Gasteiger charge is -2.16. The molecular formula is C8H13BO4. The number of carbonyl (C=O) groups is 1. The predicted octanol–water partition coefficient (Wildman–Crippen LogP) is -0.500. The summed E-state index contributed by atoms with van der Waals surface area (Å²) in [6.07, 6.45) is 1.20. The molecule has 4 nitrogen and oxygen atoms in total. The maximum absolute atomic E-state index is 9.97. The van der Waals surface area contributed by atoms with Crippen LogP contribution in [-0.4, -0.2) is 52.7 Å². The van der Waals surface area contributed by atoms with Crippen molar-refractivity contribution in [2.45, 2.75) is 24.6 Å². The Balaban J connectivity index is 2.26. The molecule has 1 saturated heterocycles. The van der Waals surface area contributed by atoms with Crippen LogP contribution in [0, 0.1) is 0 Å². The summed E-state index contributed by atoms with van der Waals surface area (Å²) in [6.45, 7) is 0.441. The molecule has 2 radical (unpaired) electrons. The lowest BCUT2D eigenvalue weighted by molar-refractivity contribution is -0.114. The van der Waals surface area contributed by atoms with E-state index in [1.165, 1.54) is 0 Å². The molecule has 0 amide bonds. The van der Waals surface area contributed by atoms with E-state index in [1.807, 2.05) is 0 Å². The second kappa shape index (κ2) is 5.37. The van der Waals surface area contributed by atoms with E-state index in [1.54, 1.807) is 7.11 Å². The molecule has 1 aliphatic rings. The van der Waals surface area contributed by atoms with E-state index in [0.29, 0.717) is 19.3 Å². The molecule has 0 saturated carbocycles. The highest BCUT2D eigenvalue weighted by atomic mass is 16.6. The van der Waals surface area contributed by atoms with Crippen molar-refractivity contribution in [2.24, 2.45) is 0 Å². The molecule has 0 aromatic rings. The average Bonchev–Trinajstić information content (AvgIpc) is 2.47. The second-order valence-corrected chi connectivity index (χ2v) is 2.93. The monoisotopic (exact) mass is 184 g/mol. The Morgan fingerprint density at radius 2 is 2.46 bits per heavy atom. The van der Waals surface area contributed by atoms with Crippen molar-refractivity contribution in [3.8, 4) is 0 Å². The molecule has 1 fully saturated rings. The number of rotatable bonds is 5. The van der Waals surface area contributed by atoms with Gasteiger partial charge in [-0.1, -0.05) is 0 Å². The summed E-state index contributed by atoms with van der Waals surface area (Å²) in [5.74, 6) is 0. The first-order valence-electron chi connectivity index (χ1n) is 4.23. The third kappa shape index (κ3) is 3.10. The topological polar surface area (TPSA) is 44.8 Å². The predicted molar refractivity (Wildman–Crippen MR) is 46.7 cm³/mol. The van der Waals surface area contributed by atoms with E-state index in [9.17, 15) is 4.79 Å². The van der Waals surface area contributed by atoms with Gasteiger partial charge in [0.1, 0.15) is 26.8 Å². The largest absolute Gasteiger partial charge is 0.380 e. The Kier molecular flexibility index (Phi) is 4.42. The van der Waals surface area contributed by atoms with Crippen molar-refractivity contribution >= 4 is 14.1 Å². The summed E-state index contributed by atoms with van der Waals surface area (Å²) in [6, 6.07) is -0.283. The van der Waals surface area contributed by atoms with Crippen LogP contribution in [0.1, 0.15) is 6.42 Å². The summed E-state index contributed by atoms with van der Waals surface area (Å²) in [7, 11) is 7.18. The Labute approximate surface area is 78.9 Å². The molecule has 0 N–H and O–H groups in total. The minimum absolute atomic E-state index is 0.0262. The van der Waals surface area contributed by atoms with Crippen molar-refractivity contribution in [3.05, 3.63) is 0 Å². The van der Waals surface area contributed by atoms with Gasteiger partial charge in [0.15, 0.2) is 0 Å². The molecule has 72 valence electrons. The van der Waals surface area contributed by atoms with Crippen LogP contribution < -0.4 is 0 Å². The number of hydrogen-bond donors (Lipinski definition) is 0. The fourth-order valence-electron chi connectivity index (χ4n) is 1.38. The molecule has 0 bridgehead atoms. The van der Waals surface area contributed by atoms with Crippen LogP contribution in [0.5, 0.6) is 0 Å². The highest BCUT2D eigenvalue weighted by molar-refractivity contribution is 6.11. The maximum Gasteiger partial charge on any atom is 0.145 e. The van der Waals surface area contributed by atoms with Crippen LogP contribution in [0.25, 0.3) is 0 Å². The van der Waals surface area contributed by atoms with Crippen LogP contribution in [0.2, 0.25) is 0 Å². The maximum atomic E-state index is 9.97. The first kappa shape index (κ1) is 10.7. The zero-order valence-corrected chi connectivity index (χ0v) is 7.64. The van der Waals surface area contributed by atoms with Crippen molar-refractivity contribution in [1.82, 2.24) is 0 Å². The molecule has 0 aliphatic carbocycles. The van der Waals surface area contributed by atoms with Crippen LogP contribution in [-0.2, 0) is 19.0 Å². The third-order valence-corrected chi connectivity index (χ3v) is 2.00. The van der Waals surface area contributed by atoms with Crippen molar-refractivity contribution in [3.63, 3.8) is 0 Å². The molecule has 5 heteroatoms. The van der Waals surface area contributed by atoms with Crippen LogP contribution in [0.4, 0.5) is 0 Å². The first-order valence-corrected chi connectivity index (χ1v) is 4.23. The van der Waals surface area contributed by atoms with E-state index in [0.717, 1.165) is 0 Å². The SMILES string of the molecule is [B][C@H]1CC(OC)[C@@H](COCC=O)O1. The zero-order valence-electron chi connectivity index (χ0n) is 7.64. The number of hydrogen-bond acceptors (Lipinski definition) is 4. The molecule has 3 atom stereocenters. The fraction of sp³-hybridized carbons (Fsp3) is 0.875. The quantitative estimate of drug-likeness (QED) is 0.328. The van der Waals surface area contributed by atoms with Crippen LogP contribution >= 0.6 is 0 Å². The molecule has 0 spiro atoms. The number of methoxy groups -OCH3 is 1. The van der Waals surface area contributed by atoms with Gasteiger partial charge in [-0.2, -0.15) is 0 Å². The van der Waals surface area contributed by atoms with Crippen LogP contribution in [0.3, 0.4) is 0 Å². The summed E-state index contributed by atoms with van der Waals surface area (Å²) in [5, 5.41) is 0. The Hall–Kier alpha value is -0.385. The third-order valence-electron chi connectivity index (χ3n) is 2.00. The number of aldehydes is 1. The normalized spacial score (nSPS) is 33.5. The first-order chi connectivity index (χ1) is 6.27. The smallest absolute Gasteiger partial charge is 0.145 e. The Morgan fingerprint density at radius 3 is 3.08 bits per heavy atom. The van der Waals surface area contributed by atoms with Gasteiger partial charge in [0.2, 0.25) is 0 Å². The molecule has 1 heterocycles. The van der Waals surface area contributed by atoms with E-state index >= 15 is 0 Å². The number of carbonyl (C=O) groups excluding carboxylic acids is 1. The Morgan fingerprint density at radius 1 is 1.69 bits per heavy atom. The molecule has 0 aromatic heterocycles. The summed E-state index contributed by atoms with van der Waals surface area (Å²) < 4.78 is 15.5. The lowest BCUT2D eigenvalue weighted by Crippen LogP contribution is -2.28. The van der Waals surface area contributed by atoms with E-state index in [4.69, 9.17) is 22.1 Å². The average molecular weight is 184 g/mol. The molecule has 13 heavy (non-hydrogen) atoms. The van der Waals surface area contributed by atoms with Crippen LogP contribution in [0.15, 0.2) is 0 Å². The minimum Gasteiger partial charge on any atom is -0.380 e. The van der Waals surface area contributed by atoms with Gasteiger partial charge in [-0.3, -0.25) is 0 Å². The second-order valence-electron chi connectivity index (χ2n) is 2.93. The van der Waals surface area contributed by atoms with Gasteiger partial charge in [-0.25, -0.2) is 0 Å². The van der Waals surface area contributed by atoms with E-state index in [2.05, 4.69) is 0 Å². The molecule has 1 aliphatic heterocycles. The van der Waals surface area contributed by atoms with Gasteiger partial charge in [0.25, 0.3) is 0 Å². The summed E-state index contributed by atoms with van der Waals surface area (Å²) in [5.41, 5.74) is 0. The van der Waals surface area contributed by atoms with E-state index in [-0.39, 0.29) is 24.8 Å². The van der Waals surface area contributed by atoms with Crippen molar-refractivity contribution in [2.75, 3.05) is 20.3 Å². The van der Waals surface area contributed by atoms with Gasteiger partial charge in [-0.05, 0) is 6.42 Å². The minimum atomic E-state index is -0.283. The molecular weight excluding hydrogens is 171 g/mol. The van der Waals surface area contributed by atoms with Gasteiger partial charge < -0.3 is 19.0 Å². The van der Waals surface area contributed by atoms with Gasteiger partial charge >= 0.3 is 0 Å².